The molecule has 1 N–H and O–H groups in total. The minimum atomic E-state index is 0.0722. The largest absolute Gasteiger partial charge is 0.369 e. The van der Waals surface area contributed by atoms with Crippen molar-refractivity contribution < 1.29 is 0 Å². The second-order valence-electron chi connectivity index (χ2n) is 6.28. The van der Waals surface area contributed by atoms with Crippen LogP contribution in [0.3, 0.4) is 0 Å². The van der Waals surface area contributed by atoms with Crippen LogP contribution in [0.5, 0.6) is 0 Å². The molecule has 114 valence electrons. The average Bonchev–Trinajstić information content (AvgIpc) is 2.88. The van der Waals surface area contributed by atoms with Gasteiger partial charge in [-0.3, -0.25) is 0 Å². The van der Waals surface area contributed by atoms with E-state index in [0.717, 1.165) is 23.7 Å². The number of hydrogen-bond donors (Lipinski definition) is 1. The number of nitrogens with one attached hydrogen (secondary N) is 1. The van der Waals surface area contributed by atoms with Gasteiger partial charge >= 0.3 is 0 Å². The summed E-state index contributed by atoms with van der Waals surface area (Å²) >= 11 is 8.20. The minimum Gasteiger partial charge on any atom is -0.369 e. The van der Waals surface area contributed by atoms with Gasteiger partial charge in [0.1, 0.15) is 0 Å². The summed E-state index contributed by atoms with van der Waals surface area (Å²) in [6.45, 7) is 8.17. The van der Waals surface area contributed by atoms with E-state index in [-0.39, 0.29) is 5.54 Å². The molecule has 0 atom stereocenters. The van der Waals surface area contributed by atoms with Crippen LogP contribution in [0.15, 0.2) is 35.7 Å². The van der Waals surface area contributed by atoms with Crippen molar-refractivity contribution >= 4 is 28.6 Å². The van der Waals surface area contributed by atoms with Crippen LogP contribution in [0.1, 0.15) is 31.2 Å². The predicted octanol–water partition coefficient (Wildman–Crippen LogP) is 4.93. The molecule has 1 aromatic heterocycles. The fourth-order valence-electron chi connectivity index (χ4n) is 2.15. The molecule has 0 radical (unpaired) electrons. The first-order valence-corrected chi connectivity index (χ1v) is 8.38. The third-order valence-corrected chi connectivity index (χ3v) is 4.49. The summed E-state index contributed by atoms with van der Waals surface area (Å²) in [6, 6.07) is 10.4. The Labute approximate surface area is 136 Å². The van der Waals surface area contributed by atoms with E-state index in [0.29, 0.717) is 0 Å². The third-order valence-electron chi connectivity index (χ3n) is 3.27. The Kier molecular flexibility index (Phi) is 5.31. The summed E-state index contributed by atoms with van der Waals surface area (Å²) < 4.78 is 0. The molecule has 2 nitrogen and oxygen atoms in total. The monoisotopic (exact) mass is 322 g/mol. The summed E-state index contributed by atoms with van der Waals surface area (Å²) in [7, 11) is 2.12. The zero-order chi connectivity index (χ0) is 15.5. The van der Waals surface area contributed by atoms with Gasteiger partial charge in [0.15, 0.2) is 0 Å². The number of halogens is 1. The van der Waals surface area contributed by atoms with Crippen molar-refractivity contribution in [2.24, 2.45) is 0 Å². The second-order valence-corrected chi connectivity index (χ2v) is 7.72. The predicted molar refractivity (Wildman–Crippen MR) is 94.5 cm³/mol. The molecule has 0 saturated heterocycles. The lowest BCUT2D eigenvalue weighted by Crippen LogP contribution is -2.35. The molecular formula is C17H23ClN2S. The first-order valence-electron chi connectivity index (χ1n) is 7.13. The highest BCUT2D eigenvalue weighted by Gasteiger charge is 2.15. The normalized spacial score (nSPS) is 11.7. The Hall–Kier alpha value is -1.03. The van der Waals surface area contributed by atoms with Crippen molar-refractivity contribution in [1.82, 2.24) is 5.32 Å². The van der Waals surface area contributed by atoms with Crippen molar-refractivity contribution in [3.63, 3.8) is 0 Å². The van der Waals surface area contributed by atoms with E-state index in [1.165, 1.54) is 10.6 Å². The van der Waals surface area contributed by atoms with E-state index < -0.39 is 0 Å². The SMILES string of the molecule is CN(Cc1cccs1)c1cccc(Cl)c1CNC(C)(C)C. The molecule has 0 spiro atoms. The molecule has 2 rings (SSSR count). The number of benzene rings is 1. The molecule has 0 fully saturated rings. The molecule has 2 aromatic rings. The van der Waals surface area contributed by atoms with Crippen LogP contribution in [-0.2, 0) is 13.1 Å². The van der Waals surface area contributed by atoms with Crippen molar-refractivity contribution in [1.29, 1.82) is 0 Å². The van der Waals surface area contributed by atoms with Crippen LogP contribution in [-0.4, -0.2) is 12.6 Å². The molecule has 0 aliphatic heterocycles. The Morgan fingerprint density at radius 1 is 1.19 bits per heavy atom. The van der Waals surface area contributed by atoms with Gasteiger partial charge in [-0.05, 0) is 44.4 Å². The van der Waals surface area contributed by atoms with Crippen LogP contribution in [0, 0.1) is 0 Å². The lowest BCUT2D eigenvalue weighted by Gasteiger charge is -2.26. The molecule has 0 unspecified atom stereocenters. The van der Waals surface area contributed by atoms with E-state index in [1.807, 2.05) is 12.1 Å². The molecular weight excluding hydrogens is 300 g/mol. The number of anilines is 1. The number of nitrogens with zero attached hydrogens (tertiary/aromatic N) is 1. The molecule has 0 amide bonds. The molecule has 1 aromatic carbocycles. The topological polar surface area (TPSA) is 15.3 Å². The summed E-state index contributed by atoms with van der Waals surface area (Å²) in [5.41, 5.74) is 2.42. The molecule has 0 saturated carbocycles. The van der Waals surface area contributed by atoms with Gasteiger partial charge in [-0.15, -0.1) is 11.3 Å². The van der Waals surface area contributed by atoms with Crippen LogP contribution in [0.25, 0.3) is 0 Å². The lowest BCUT2D eigenvalue weighted by atomic mass is 10.1. The molecule has 4 heteroatoms. The summed E-state index contributed by atoms with van der Waals surface area (Å²) in [6.07, 6.45) is 0. The Bertz CT molecular complexity index is 573. The maximum Gasteiger partial charge on any atom is 0.0519 e. The number of rotatable bonds is 5. The highest BCUT2D eigenvalue weighted by atomic mass is 35.5. The molecule has 21 heavy (non-hydrogen) atoms. The highest BCUT2D eigenvalue weighted by Crippen LogP contribution is 2.28. The fraction of sp³-hybridized carbons (Fsp3) is 0.412. The quantitative estimate of drug-likeness (QED) is 0.840. The third kappa shape index (κ3) is 4.73. The van der Waals surface area contributed by atoms with Gasteiger partial charge in [-0.25, -0.2) is 0 Å². The maximum atomic E-state index is 6.42. The smallest absolute Gasteiger partial charge is 0.0519 e. The molecule has 0 aliphatic carbocycles. The van der Waals surface area contributed by atoms with Gasteiger partial charge in [0.25, 0.3) is 0 Å². The van der Waals surface area contributed by atoms with Crippen LogP contribution in [0.4, 0.5) is 5.69 Å². The highest BCUT2D eigenvalue weighted by molar-refractivity contribution is 7.09. The number of hydrogen-bond acceptors (Lipinski definition) is 3. The van der Waals surface area contributed by atoms with Crippen molar-refractivity contribution in [3.05, 3.63) is 51.2 Å². The lowest BCUT2D eigenvalue weighted by molar-refractivity contribution is 0.424. The van der Waals surface area contributed by atoms with Gasteiger partial charge < -0.3 is 10.2 Å². The molecule has 0 bridgehead atoms. The zero-order valence-electron chi connectivity index (χ0n) is 13.1. The first kappa shape index (κ1) is 16.3. The van der Waals surface area contributed by atoms with Gasteiger partial charge in [0.2, 0.25) is 0 Å². The van der Waals surface area contributed by atoms with Gasteiger partial charge in [-0.1, -0.05) is 23.7 Å². The summed E-state index contributed by atoms with van der Waals surface area (Å²) in [4.78, 5) is 3.62. The summed E-state index contributed by atoms with van der Waals surface area (Å²) in [5.74, 6) is 0. The zero-order valence-corrected chi connectivity index (χ0v) is 14.7. The standard InChI is InChI=1S/C17H23ClN2S/c1-17(2,3)19-11-14-15(18)8-5-9-16(14)20(4)12-13-7-6-10-21-13/h5-10,19H,11-12H2,1-4H3. The fourth-order valence-corrected chi connectivity index (χ4v) is 3.15. The molecule has 0 aliphatic rings. The van der Waals surface area contributed by atoms with E-state index in [2.05, 4.69) is 61.6 Å². The Morgan fingerprint density at radius 3 is 2.57 bits per heavy atom. The number of thiophene rings is 1. The van der Waals surface area contributed by atoms with Gasteiger partial charge in [0.05, 0.1) is 6.54 Å². The Balaban J connectivity index is 2.20. The summed E-state index contributed by atoms with van der Waals surface area (Å²) in [5, 5.41) is 6.46. The first-order chi connectivity index (χ1) is 9.87. The van der Waals surface area contributed by atoms with Crippen LogP contribution >= 0.6 is 22.9 Å². The van der Waals surface area contributed by atoms with Crippen LogP contribution < -0.4 is 10.2 Å². The van der Waals surface area contributed by atoms with Crippen molar-refractivity contribution in [2.75, 3.05) is 11.9 Å². The van der Waals surface area contributed by atoms with E-state index >= 15 is 0 Å². The van der Waals surface area contributed by atoms with Gasteiger partial charge in [0, 0.05) is 40.3 Å². The van der Waals surface area contributed by atoms with E-state index in [9.17, 15) is 0 Å². The van der Waals surface area contributed by atoms with Crippen molar-refractivity contribution in [2.45, 2.75) is 39.4 Å². The maximum absolute atomic E-state index is 6.42. The van der Waals surface area contributed by atoms with Crippen LogP contribution in [0.2, 0.25) is 5.02 Å². The van der Waals surface area contributed by atoms with Gasteiger partial charge in [-0.2, -0.15) is 0 Å². The average molecular weight is 323 g/mol. The Morgan fingerprint density at radius 2 is 1.95 bits per heavy atom. The van der Waals surface area contributed by atoms with Crippen molar-refractivity contribution in [3.8, 4) is 0 Å². The minimum absolute atomic E-state index is 0.0722. The van der Waals surface area contributed by atoms with E-state index in [1.54, 1.807) is 11.3 Å². The molecule has 1 heterocycles. The second kappa shape index (κ2) is 6.82. The van der Waals surface area contributed by atoms with E-state index in [4.69, 9.17) is 11.6 Å².